The van der Waals surface area contributed by atoms with Gasteiger partial charge in [0.05, 0.1) is 13.2 Å². The molecule has 0 spiro atoms. The van der Waals surface area contributed by atoms with E-state index in [1.807, 2.05) is 0 Å². The molecule has 3 aromatic rings. The summed E-state index contributed by atoms with van der Waals surface area (Å²) in [7, 11) is 1.74. The number of benzene rings is 3. The van der Waals surface area contributed by atoms with Gasteiger partial charge in [-0.15, -0.1) is 0 Å². The summed E-state index contributed by atoms with van der Waals surface area (Å²) in [5, 5.41) is 0. The van der Waals surface area contributed by atoms with Gasteiger partial charge in [0, 0.05) is 37.7 Å². The molecule has 0 saturated carbocycles. The van der Waals surface area contributed by atoms with Crippen molar-refractivity contribution in [3.63, 3.8) is 0 Å². The molecule has 2 fully saturated rings. The molecular formula is C47H60O7. The van der Waals surface area contributed by atoms with E-state index in [1.54, 1.807) is 7.11 Å². The molecule has 7 nitrogen and oxygen atoms in total. The van der Waals surface area contributed by atoms with E-state index >= 15 is 0 Å². The third kappa shape index (κ3) is 12.3. The summed E-state index contributed by atoms with van der Waals surface area (Å²) in [5.41, 5.74) is 8.58. The number of methoxy groups -OCH3 is 1. The lowest BCUT2D eigenvalue weighted by Crippen LogP contribution is -2.10. The van der Waals surface area contributed by atoms with Crippen molar-refractivity contribution in [3.8, 4) is 22.6 Å². The number of carbonyl (C=O) groups is 2. The van der Waals surface area contributed by atoms with Gasteiger partial charge in [0.25, 0.3) is 0 Å². The van der Waals surface area contributed by atoms with Crippen molar-refractivity contribution in [2.45, 2.75) is 122 Å². The zero-order valence-corrected chi connectivity index (χ0v) is 32.6. The summed E-state index contributed by atoms with van der Waals surface area (Å²) in [4.78, 5) is 24.0. The first kappa shape index (κ1) is 40.8. The van der Waals surface area contributed by atoms with Gasteiger partial charge in [-0.3, -0.25) is 0 Å². The molecule has 0 aromatic heterocycles. The monoisotopic (exact) mass is 736 g/mol. The van der Waals surface area contributed by atoms with E-state index in [0.29, 0.717) is 30.6 Å². The Morgan fingerprint density at radius 1 is 0.648 bits per heavy atom. The Morgan fingerprint density at radius 2 is 1.22 bits per heavy atom. The lowest BCUT2D eigenvalue weighted by Gasteiger charge is -2.20. The van der Waals surface area contributed by atoms with E-state index in [0.717, 1.165) is 115 Å². The Kier molecular flexibility index (Phi) is 16.3. The van der Waals surface area contributed by atoms with Gasteiger partial charge in [0.2, 0.25) is 0 Å². The van der Waals surface area contributed by atoms with Crippen LogP contribution in [0.2, 0.25) is 0 Å². The van der Waals surface area contributed by atoms with Gasteiger partial charge in [0.1, 0.15) is 23.7 Å². The molecule has 0 radical (unpaired) electrons. The number of esters is 2. The number of aryl methyl sites for hydroxylation is 4. The second kappa shape index (κ2) is 21.5. The predicted octanol–water partition coefficient (Wildman–Crippen LogP) is 10.3. The van der Waals surface area contributed by atoms with Crippen LogP contribution < -0.4 is 9.47 Å². The van der Waals surface area contributed by atoms with Gasteiger partial charge in [-0.2, -0.15) is 0 Å². The van der Waals surface area contributed by atoms with E-state index in [4.69, 9.17) is 23.7 Å². The predicted molar refractivity (Wildman–Crippen MR) is 215 cm³/mol. The van der Waals surface area contributed by atoms with E-state index in [1.165, 1.54) is 33.4 Å². The minimum atomic E-state index is -0.271. The molecule has 0 amide bonds. The highest BCUT2D eigenvalue weighted by atomic mass is 16.6. The zero-order valence-electron chi connectivity index (χ0n) is 32.6. The van der Waals surface area contributed by atoms with E-state index in [9.17, 15) is 9.59 Å². The largest absolute Gasteiger partial charge is 0.494 e. The number of unbranched alkanes of at least 4 members (excludes halogenated alkanes) is 4. The van der Waals surface area contributed by atoms with Gasteiger partial charge in [-0.1, -0.05) is 56.5 Å². The normalized spacial score (nSPS) is 16.9. The summed E-state index contributed by atoms with van der Waals surface area (Å²) in [6.45, 7) is 12.1. The Bertz CT molecular complexity index is 1600. The summed E-state index contributed by atoms with van der Waals surface area (Å²) in [6, 6.07) is 21.8. The van der Waals surface area contributed by atoms with E-state index < -0.39 is 0 Å². The smallest absolute Gasteiger partial charge is 0.333 e. The topological polar surface area (TPSA) is 80.3 Å². The van der Waals surface area contributed by atoms with E-state index in [-0.39, 0.29) is 24.1 Å². The van der Waals surface area contributed by atoms with Gasteiger partial charge < -0.3 is 23.7 Å². The van der Waals surface area contributed by atoms with Crippen LogP contribution in [-0.2, 0) is 49.5 Å². The second-order valence-corrected chi connectivity index (χ2v) is 14.8. The van der Waals surface area contributed by atoms with Crippen molar-refractivity contribution in [1.29, 1.82) is 0 Å². The molecule has 2 atom stereocenters. The van der Waals surface area contributed by atoms with Crippen LogP contribution in [0.15, 0.2) is 85.0 Å². The molecule has 290 valence electrons. The number of rotatable bonds is 24. The second-order valence-electron chi connectivity index (χ2n) is 14.8. The standard InChI is InChI=1S/C47H60O7/c1-5-37-17-9-10-22-44(37)40-32-38(18-14-20-42-30-34(2)46(48)53-42)45(39(33-40)19-15-21-43-31-35(3)47(49)54-43)52-29-12-6-8-16-36-23-25-41(26-24-36)51-28-13-7-11-27-50-4/h9-10,17,22-26,32-33,42-43H,2-3,5-8,11-16,18-21,27-31H2,1,4H3. The maximum atomic E-state index is 12.0. The van der Waals surface area contributed by atoms with Crippen LogP contribution in [0.4, 0.5) is 0 Å². The molecule has 0 aliphatic carbocycles. The Hall–Kier alpha value is -4.36. The highest BCUT2D eigenvalue weighted by Gasteiger charge is 2.28. The van der Waals surface area contributed by atoms with Crippen molar-refractivity contribution >= 4 is 11.9 Å². The Balaban J connectivity index is 1.22. The number of hydrogen-bond acceptors (Lipinski definition) is 7. The zero-order chi connectivity index (χ0) is 38.1. The van der Waals surface area contributed by atoms with Crippen molar-refractivity contribution < 1.29 is 33.3 Å². The van der Waals surface area contributed by atoms with Crippen LogP contribution in [0, 0.1) is 0 Å². The molecule has 2 saturated heterocycles. The molecule has 2 unspecified atom stereocenters. The minimum Gasteiger partial charge on any atom is -0.494 e. The molecule has 2 aliphatic heterocycles. The van der Waals surface area contributed by atoms with Crippen LogP contribution in [0.1, 0.15) is 106 Å². The average molecular weight is 737 g/mol. The lowest BCUT2D eigenvalue weighted by atomic mass is 9.90. The van der Waals surface area contributed by atoms with Crippen LogP contribution in [0.25, 0.3) is 11.1 Å². The quantitative estimate of drug-likeness (QED) is 0.0515. The summed E-state index contributed by atoms with van der Waals surface area (Å²) < 4.78 is 28.9. The van der Waals surface area contributed by atoms with Crippen molar-refractivity contribution in [1.82, 2.24) is 0 Å². The average Bonchev–Trinajstić information content (AvgIpc) is 3.68. The third-order valence-corrected chi connectivity index (χ3v) is 10.5. The number of carbonyl (C=O) groups excluding carboxylic acids is 2. The minimum absolute atomic E-state index is 0.110. The fourth-order valence-corrected chi connectivity index (χ4v) is 7.46. The SMILES string of the molecule is C=C1CC(CCCc2cc(-c3ccccc3CC)cc(CCCC3CC(=C)C(=O)O3)c2OCCCCCc2ccc(OCCCCCOC)cc2)OC1=O. The number of ether oxygens (including phenoxy) is 5. The first-order valence-electron chi connectivity index (χ1n) is 20.2. The maximum absolute atomic E-state index is 12.0. The van der Waals surface area contributed by atoms with Crippen LogP contribution >= 0.6 is 0 Å². The Labute approximate surface area is 323 Å². The molecule has 0 N–H and O–H groups in total. The van der Waals surface area contributed by atoms with Crippen LogP contribution in [-0.4, -0.2) is 51.1 Å². The van der Waals surface area contributed by atoms with Crippen molar-refractivity contribution in [2.75, 3.05) is 26.9 Å². The summed E-state index contributed by atoms with van der Waals surface area (Å²) in [5.74, 6) is 1.36. The highest BCUT2D eigenvalue weighted by Crippen LogP contribution is 2.36. The first-order valence-corrected chi connectivity index (χ1v) is 20.2. The Morgan fingerprint density at radius 3 is 1.80 bits per heavy atom. The molecule has 0 bridgehead atoms. The van der Waals surface area contributed by atoms with Gasteiger partial charge >= 0.3 is 11.9 Å². The molecule has 2 aliphatic rings. The van der Waals surface area contributed by atoms with E-state index in [2.05, 4.69) is 80.7 Å². The molecule has 7 heteroatoms. The lowest BCUT2D eigenvalue weighted by molar-refractivity contribution is -0.139. The molecule has 54 heavy (non-hydrogen) atoms. The fourth-order valence-electron chi connectivity index (χ4n) is 7.46. The molecule has 5 rings (SSSR count). The van der Waals surface area contributed by atoms with Gasteiger partial charge in [0.15, 0.2) is 0 Å². The molecular weight excluding hydrogens is 677 g/mol. The maximum Gasteiger partial charge on any atom is 0.333 e. The fraction of sp³-hybridized carbons (Fsp3) is 0.489. The third-order valence-electron chi connectivity index (χ3n) is 10.5. The van der Waals surface area contributed by atoms with Crippen LogP contribution in [0.3, 0.4) is 0 Å². The summed E-state index contributed by atoms with van der Waals surface area (Å²) >= 11 is 0. The van der Waals surface area contributed by atoms with Crippen molar-refractivity contribution in [2.24, 2.45) is 0 Å². The van der Waals surface area contributed by atoms with Crippen LogP contribution in [0.5, 0.6) is 11.5 Å². The van der Waals surface area contributed by atoms with Crippen molar-refractivity contribution in [3.05, 3.63) is 107 Å². The molecule has 2 heterocycles. The number of hydrogen-bond donors (Lipinski definition) is 0. The molecule has 3 aromatic carbocycles. The summed E-state index contributed by atoms with van der Waals surface area (Å²) in [6.07, 6.45) is 14.2. The highest BCUT2D eigenvalue weighted by molar-refractivity contribution is 5.90. The first-order chi connectivity index (χ1) is 26.3. The van der Waals surface area contributed by atoms with Gasteiger partial charge in [-0.05, 0) is 148 Å². The number of cyclic esters (lactones) is 2. The van der Waals surface area contributed by atoms with Gasteiger partial charge in [-0.25, -0.2) is 9.59 Å².